The van der Waals surface area contributed by atoms with E-state index in [0.717, 1.165) is 5.56 Å². The van der Waals surface area contributed by atoms with Crippen molar-refractivity contribution in [3.8, 4) is 17.0 Å². The summed E-state index contributed by atoms with van der Waals surface area (Å²) in [4.78, 5) is 38.8. The van der Waals surface area contributed by atoms with Gasteiger partial charge in [-0.15, -0.1) is 0 Å². The van der Waals surface area contributed by atoms with E-state index in [1.165, 1.54) is 30.1 Å². The van der Waals surface area contributed by atoms with Crippen molar-refractivity contribution in [1.82, 2.24) is 4.98 Å². The fourth-order valence-electron chi connectivity index (χ4n) is 2.87. The summed E-state index contributed by atoms with van der Waals surface area (Å²) in [5.41, 5.74) is 3.16. The summed E-state index contributed by atoms with van der Waals surface area (Å²) in [7, 11) is 0. The molecule has 0 unspecified atom stereocenters. The fraction of sp³-hybridized carbons (Fsp3) is 0.130. The first-order valence-corrected chi connectivity index (χ1v) is 10.6. The molecule has 1 amide bonds. The van der Waals surface area contributed by atoms with Crippen LogP contribution in [0, 0.1) is 0 Å². The number of aromatic nitrogens is 1. The van der Waals surface area contributed by atoms with E-state index in [1.807, 2.05) is 6.07 Å². The Balaban J connectivity index is 1.78. The van der Waals surface area contributed by atoms with Crippen molar-refractivity contribution in [2.24, 2.45) is 0 Å². The van der Waals surface area contributed by atoms with Crippen LogP contribution in [0.1, 0.15) is 32.7 Å². The van der Waals surface area contributed by atoms with Crippen LogP contribution in [-0.4, -0.2) is 39.1 Å². The van der Waals surface area contributed by atoms with Crippen LogP contribution in [0.3, 0.4) is 0 Å². The number of rotatable bonds is 9. The number of carbonyl (C=O) groups excluding carboxylic acids is 2. The molecule has 3 rings (SSSR count). The molecule has 0 aliphatic heterocycles. The Labute approximate surface area is 183 Å². The van der Waals surface area contributed by atoms with E-state index < -0.39 is 5.97 Å². The van der Waals surface area contributed by atoms with Crippen molar-refractivity contribution in [3.63, 3.8) is 0 Å². The Morgan fingerprint density at radius 1 is 1.10 bits per heavy atom. The number of carbonyl (C=O) groups is 3. The highest BCUT2D eigenvalue weighted by Crippen LogP contribution is 2.31. The SMILES string of the molecule is O=Cc1ccnc(-c2cc(O)ccc2NC(=O)c2cccc(CSCCC(=O)O)c2)c1. The molecule has 0 bridgehead atoms. The van der Waals surface area contributed by atoms with E-state index in [2.05, 4.69) is 10.3 Å². The van der Waals surface area contributed by atoms with Crippen molar-refractivity contribution in [3.05, 3.63) is 77.5 Å². The van der Waals surface area contributed by atoms with Crippen LogP contribution in [0.2, 0.25) is 0 Å². The van der Waals surface area contributed by atoms with Gasteiger partial charge in [-0.3, -0.25) is 19.4 Å². The lowest BCUT2D eigenvalue weighted by Crippen LogP contribution is -2.13. The molecule has 158 valence electrons. The number of hydrogen-bond acceptors (Lipinski definition) is 6. The summed E-state index contributed by atoms with van der Waals surface area (Å²) < 4.78 is 0. The van der Waals surface area contributed by atoms with E-state index in [-0.39, 0.29) is 18.1 Å². The highest BCUT2D eigenvalue weighted by molar-refractivity contribution is 7.98. The number of anilines is 1. The third-order valence-corrected chi connectivity index (χ3v) is 5.40. The second-order valence-corrected chi connectivity index (χ2v) is 7.78. The number of pyridine rings is 1. The molecule has 0 atom stereocenters. The number of aromatic hydroxyl groups is 1. The smallest absolute Gasteiger partial charge is 0.304 e. The molecule has 1 aromatic heterocycles. The molecule has 7 nitrogen and oxygen atoms in total. The van der Waals surface area contributed by atoms with Gasteiger partial charge in [0.1, 0.15) is 12.0 Å². The van der Waals surface area contributed by atoms with Gasteiger partial charge in [0, 0.05) is 34.4 Å². The number of aliphatic carboxylic acids is 1. The zero-order valence-corrected chi connectivity index (χ0v) is 17.3. The lowest BCUT2D eigenvalue weighted by molar-refractivity contribution is -0.136. The van der Waals surface area contributed by atoms with Crippen LogP contribution in [0.4, 0.5) is 5.69 Å². The summed E-state index contributed by atoms with van der Waals surface area (Å²) >= 11 is 1.49. The van der Waals surface area contributed by atoms with Crippen LogP contribution in [0.15, 0.2) is 60.8 Å². The number of phenols is 1. The second-order valence-electron chi connectivity index (χ2n) is 6.67. The molecular formula is C23H20N2O5S. The highest BCUT2D eigenvalue weighted by Gasteiger charge is 2.13. The summed E-state index contributed by atoms with van der Waals surface area (Å²) in [5, 5.41) is 21.5. The number of carboxylic acid groups (broad SMARTS) is 1. The monoisotopic (exact) mass is 436 g/mol. The Morgan fingerprint density at radius 3 is 2.71 bits per heavy atom. The van der Waals surface area contributed by atoms with E-state index in [9.17, 15) is 19.5 Å². The van der Waals surface area contributed by atoms with Crippen molar-refractivity contribution >= 4 is 35.6 Å². The summed E-state index contributed by atoms with van der Waals surface area (Å²) in [5.74, 6) is -0.0717. The largest absolute Gasteiger partial charge is 0.508 e. The molecule has 1 heterocycles. The van der Waals surface area contributed by atoms with Crippen molar-refractivity contribution in [2.75, 3.05) is 11.1 Å². The molecule has 31 heavy (non-hydrogen) atoms. The van der Waals surface area contributed by atoms with E-state index >= 15 is 0 Å². The first-order valence-electron chi connectivity index (χ1n) is 9.40. The molecule has 0 aliphatic carbocycles. The fourth-order valence-corrected chi connectivity index (χ4v) is 3.75. The van der Waals surface area contributed by atoms with E-state index in [0.29, 0.717) is 45.9 Å². The molecule has 3 N–H and O–H groups in total. The number of carboxylic acids is 1. The van der Waals surface area contributed by atoms with Gasteiger partial charge in [0.05, 0.1) is 17.8 Å². The van der Waals surface area contributed by atoms with Gasteiger partial charge in [0.25, 0.3) is 5.91 Å². The average molecular weight is 436 g/mol. The van der Waals surface area contributed by atoms with Crippen molar-refractivity contribution in [2.45, 2.75) is 12.2 Å². The Hall–Kier alpha value is -3.65. The van der Waals surface area contributed by atoms with Crippen LogP contribution in [0.25, 0.3) is 11.3 Å². The van der Waals surface area contributed by atoms with Gasteiger partial charge in [-0.25, -0.2) is 0 Å². The topological polar surface area (TPSA) is 117 Å². The van der Waals surface area contributed by atoms with Gasteiger partial charge < -0.3 is 15.5 Å². The zero-order valence-electron chi connectivity index (χ0n) is 16.4. The summed E-state index contributed by atoms with van der Waals surface area (Å²) in [6.07, 6.45) is 2.28. The Kier molecular flexibility index (Phi) is 7.40. The third kappa shape index (κ3) is 6.16. The number of nitrogens with one attached hydrogen (secondary N) is 1. The molecule has 0 radical (unpaired) electrons. The number of nitrogens with zero attached hydrogens (tertiary/aromatic N) is 1. The number of thioether (sulfide) groups is 1. The van der Waals surface area contributed by atoms with Gasteiger partial charge in [0.2, 0.25) is 0 Å². The molecule has 0 fully saturated rings. The van der Waals surface area contributed by atoms with Crippen LogP contribution in [0.5, 0.6) is 5.75 Å². The van der Waals surface area contributed by atoms with Gasteiger partial charge in [-0.1, -0.05) is 12.1 Å². The maximum absolute atomic E-state index is 12.8. The number of hydrogen-bond donors (Lipinski definition) is 3. The van der Waals surface area contributed by atoms with Gasteiger partial charge in [-0.2, -0.15) is 11.8 Å². The second kappa shape index (κ2) is 10.4. The molecule has 0 aliphatic rings. The number of aldehydes is 1. The number of benzene rings is 2. The molecular weight excluding hydrogens is 416 g/mol. The lowest BCUT2D eigenvalue weighted by atomic mass is 10.1. The minimum Gasteiger partial charge on any atom is -0.508 e. The van der Waals surface area contributed by atoms with Crippen molar-refractivity contribution in [1.29, 1.82) is 0 Å². The molecule has 0 saturated heterocycles. The number of amides is 1. The molecule has 0 saturated carbocycles. The van der Waals surface area contributed by atoms with Gasteiger partial charge in [0.15, 0.2) is 0 Å². The lowest BCUT2D eigenvalue weighted by Gasteiger charge is -2.12. The third-order valence-electron chi connectivity index (χ3n) is 4.37. The predicted molar refractivity (Wildman–Crippen MR) is 120 cm³/mol. The first kappa shape index (κ1) is 22.0. The molecule has 2 aromatic carbocycles. The standard InChI is InChI=1S/C23H20N2O5S/c26-13-15-6-8-24-21(11-15)19-12-18(27)4-5-20(19)25-23(30)17-3-1-2-16(10-17)14-31-9-7-22(28)29/h1-6,8,10-13,27H,7,9,14H2,(H,25,30)(H,28,29). The number of phenolic OH excluding ortho intramolecular Hbond substituents is 1. The Bertz CT molecular complexity index is 1120. The average Bonchev–Trinajstić information content (AvgIpc) is 2.78. The first-order chi connectivity index (χ1) is 15.0. The summed E-state index contributed by atoms with van der Waals surface area (Å²) in [6, 6.07) is 14.7. The molecule has 0 spiro atoms. The highest BCUT2D eigenvalue weighted by atomic mass is 32.2. The van der Waals surface area contributed by atoms with E-state index in [1.54, 1.807) is 36.4 Å². The van der Waals surface area contributed by atoms with E-state index in [4.69, 9.17) is 5.11 Å². The zero-order chi connectivity index (χ0) is 22.2. The van der Waals surface area contributed by atoms with Gasteiger partial charge >= 0.3 is 5.97 Å². The minimum atomic E-state index is -0.835. The Morgan fingerprint density at radius 2 is 1.94 bits per heavy atom. The summed E-state index contributed by atoms with van der Waals surface area (Å²) in [6.45, 7) is 0. The van der Waals surface area contributed by atoms with Crippen LogP contribution in [-0.2, 0) is 10.5 Å². The van der Waals surface area contributed by atoms with Crippen LogP contribution < -0.4 is 5.32 Å². The normalized spacial score (nSPS) is 10.5. The van der Waals surface area contributed by atoms with Crippen molar-refractivity contribution < 1.29 is 24.6 Å². The van der Waals surface area contributed by atoms with Gasteiger partial charge in [-0.05, 0) is 48.0 Å². The maximum Gasteiger partial charge on any atom is 0.304 e. The molecule has 3 aromatic rings. The predicted octanol–water partition coefficient (Wildman–Crippen LogP) is 4.23. The molecule has 8 heteroatoms. The minimum absolute atomic E-state index is 0.00619. The van der Waals surface area contributed by atoms with Crippen LogP contribution >= 0.6 is 11.8 Å². The maximum atomic E-state index is 12.8. The quantitative estimate of drug-likeness (QED) is 0.261.